The fourth-order valence-corrected chi connectivity index (χ4v) is 5.49. The number of alkyl halides is 1. The largest absolute Gasteiger partial charge is 0.463 e. The minimum absolute atomic E-state index is 0.111. The van der Waals surface area contributed by atoms with E-state index in [1.807, 2.05) is 4.98 Å². The number of carbonyl (C=O) groups is 1. The highest BCUT2D eigenvalue weighted by atomic mass is 31.2. The van der Waals surface area contributed by atoms with Crippen molar-refractivity contribution in [2.45, 2.75) is 51.1 Å². The molecule has 1 aromatic carbocycles. The number of aliphatic hydroxyl groups excluding tert-OH is 1. The van der Waals surface area contributed by atoms with E-state index in [2.05, 4.69) is 10.0 Å². The van der Waals surface area contributed by atoms with Crippen LogP contribution in [-0.4, -0.2) is 57.5 Å². The molecule has 1 saturated heterocycles. The second-order valence-electron chi connectivity index (χ2n) is 8.81. The van der Waals surface area contributed by atoms with Gasteiger partial charge in [0.1, 0.15) is 11.9 Å². The van der Waals surface area contributed by atoms with Crippen molar-refractivity contribution in [3.63, 3.8) is 0 Å². The number of halogens is 1. The van der Waals surface area contributed by atoms with Crippen molar-refractivity contribution in [3.8, 4) is 5.75 Å². The molecule has 206 valence electrons. The number of aromatic amines is 1. The molecule has 0 bridgehead atoms. The van der Waals surface area contributed by atoms with E-state index in [1.165, 1.54) is 19.1 Å². The molecule has 1 unspecified atom stereocenters. The first-order valence-corrected chi connectivity index (χ1v) is 13.2. The van der Waals surface area contributed by atoms with Gasteiger partial charge in [-0.1, -0.05) is 30.2 Å². The lowest BCUT2D eigenvalue weighted by Crippen LogP contribution is -2.42. The number of aromatic nitrogens is 2. The molecule has 3 rings (SSSR count). The molecule has 38 heavy (non-hydrogen) atoms. The Labute approximate surface area is 215 Å². The summed E-state index contributed by atoms with van der Waals surface area (Å²) in [4.78, 5) is 40.4. The maximum absolute atomic E-state index is 15.4. The van der Waals surface area contributed by atoms with E-state index < -0.39 is 73.8 Å². The van der Waals surface area contributed by atoms with Crippen LogP contribution >= 0.6 is 7.60 Å². The summed E-state index contributed by atoms with van der Waals surface area (Å²) in [7, 11) is -4.30. The summed E-state index contributed by atoms with van der Waals surface area (Å²) in [5.74, 6) is -1.55. The van der Waals surface area contributed by atoms with Gasteiger partial charge in [0.25, 0.3) is 5.56 Å². The zero-order valence-corrected chi connectivity index (χ0v) is 21.6. The Morgan fingerprint density at radius 3 is 2.61 bits per heavy atom. The van der Waals surface area contributed by atoms with E-state index >= 15 is 4.39 Å². The normalized spacial score (nSPS) is 25.3. The van der Waals surface area contributed by atoms with Gasteiger partial charge in [-0.3, -0.25) is 23.7 Å². The first-order chi connectivity index (χ1) is 17.9. The molecule has 1 fully saturated rings. The van der Waals surface area contributed by atoms with E-state index in [9.17, 15) is 24.1 Å². The molecule has 1 aromatic heterocycles. The van der Waals surface area contributed by atoms with Crippen LogP contribution < -0.4 is 15.8 Å². The fraction of sp³-hybridized carbons (Fsp3) is 0.500. The highest BCUT2D eigenvalue weighted by Crippen LogP contribution is 2.52. The lowest BCUT2D eigenvalue weighted by Gasteiger charge is -2.28. The predicted octanol–water partition coefficient (Wildman–Crippen LogP) is 2.65. The van der Waals surface area contributed by atoms with Crippen molar-refractivity contribution in [3.05, 3.63) is 73.9 Å². The summed E-state index contributed by atoms with van der Waals surface area (Å²) in [6, 6.07) is 8.76. The molecule has 2 aromatic rings. The molecule has 14 nitrogen and oxygen atoms in total. The van der Waals surface area contributed by atoms with Gasteiger partial charge >= 0.3 is 19.3 Å². The third kappa shape index (κ3) is 6.69. The van der Waals surface area contributed by atoms with E-state index in [4.69, 9.17) is 24.1 Å². The number of hydrogen-bond donors (Lipinski definition) is 2. The van der Waals surface area contributed by atoms with Crippen LogP contribution in [0.2, 0.25) is 0 Å². The summed E-state index contributed by atoms with van der Waals surface area (Å²) >= 11 is 0. The van der Waals surface area contributed by atoms with Crippen LogP contribution in [-0.2, 0) is 23.4 Å². The number of aliphatic hydroxyl groups is 1. The smallest absolute Gasteiger partial charge is 0.380 e. The molecule has 0 amide bonds. The van der Waals surface area contributed by atoms with Crippen molar-refractivity contribution in [2.24, 2.45) is 11.0 Å². The quantitative estimate of drug-likeness (QED) is 0.138. The maximum atomic E-state index is 15.4. The number of azide groups is 1. The van der Waals surface area contributed by atoms with Crippen molar-refractivity contribution >= 4 is 13.6 Å². The number of para-hydroxylation sites is 1. The first kappa shape index (κ1) is 29.1. The molecule has 0 radical (unpaired) electrons. The Hall–Kier alpha value is -3.48. The maximum Gasteiger partial charge on any atom is 0.380 e. The minimum Gasteiger partial charge on any atom is -0.463 e. The number of nitrogens with zero attached hydrogens (tertiary/aromatic N) is 4. The van der Waals surface area contributed by atoms with Crippen molar-refractivity contribution in [1.82, 2.24) is 9.55 Å². The second-order valence-corrected chi connectivity index (χ2v) is 10.8. The monoisotopic (exact) mass is 555 g/mol. The Kier molecular flexibility index (Phi) is 9.13. The number of esters is 1. The second kappa shape index (κ2) is 11.9. The number of benzene rings is 1. The topological polar surface area (TPSA) is 195 Å². The van der Waals surface area contributed by atoms with Crippen LogP contribution in [0.4, 0.5) is 4.39 Å². The van der Waals surface area contributed by atoms with Crippen LogP contribution in [0.1, 0.15) is 27.0 Å². The number of nitrogens with one attached hydrogen (secondary N) is 1. The molecule has 2 N–H and O–H groups in total. The Morgan fingerprint density at radius 2 is 2.00 bits per heavy atom. The molecule has 2 heterocycles. The Balaban J connectivity index is 1.91. The highest BCUT2D eigenvalue weighted by molar-refractivity contribution is 7.54. The van der Waals surface area contributed by atoms with E-state index in [0.717, 1.165) is 12.3 Å². The summed E-state index contributed by atoms with van der Waals surface area (Å²) in [6.07, 6.45) is -6.24. The standard InChI is InChI=1S/C22H27FN5O9P/c1-13(2)35-20(31)14(3)11-38(33,37-15-7-5-4-6-8-15)34-12-22(26-27-24)18(23)17(30)19(36-22)28-10-9-16(29)25-21(28)32/h4-10,13-14,17-19,30H,11-12H2,1-3H3,(H,25,29,32)/t14-,17-,18+,19-,22-,38?/m1/s1. The number of rotatable bonds is 11. The van der Waals surface area contributed by atoms with Gasteiger partial charge in [0.2, 0.25) is 5.72 Å². The third-order valence-corrected chi connectivity index (χ3v) is 7.40. The summed E-state index contributed by atoms with van der Waals surface area (Å²) in [5.41, 5.74) is 4.74. The van der Waals surface area contributed by atoms with Crippen molar-refractivity contribution < 1.29 is 37.4 Å². The first-order valence-electron chi connectivity index (χ1n) is 11.5. The molecule has 1 aliphatic rings. The number of H-pyrrole nitrogens is 1. The molecule has 0 aliphatic carbocycles. The zero-order valence-electron chi connectivity index (χ0n) is 20.7. The average molecular weight is 555 g/mol. The molecular weight excluding hydrogens is 528 g/mol. The van der Waals surface area contributed by atoms with Gasteiger partial charge in [-0.05, 0) is 31.5 Å². The van der Waals surface area contributed by atoms with Crippen LogP contribution in [0.5, 0.6) is 5.75 Å². The minimum atomic E-state index is -4.30. The van der Waals surface area contributed by atoms with Gasteiger partial charge in [-0.25, -0.2) is 13.8 Å². The van der Waals surface area contributed by atoms with Crippen molar-refractivity contribution in [1.29, 1.82) is 0 Å². The van der Waals surface area contributed by atoms with E-state index in [-0.39, 0.29) is 5.75 Å². The Morgan fingerprint density at radius 1 is 1.32 bits per heavy atom. The van der Waals surface area contributed by atoms with Crippen molar-refractivity contribution in [2.75, 3.05) is 12.8 Å². The van der Waals surface area contributed by atoms with Gasteiger partial charge < -0.3 is 19.1 Å². The van der Waals surface area contributed by atoms with E-state index in [1.54, 1.807) is 32.0 Å². The molecule has 1 aliphatic heterocycles. The third-order valence-electron chi connectivity index (χ3n) is 5.39. The van der Waals surface area contributed by atoms with Crippen LogP contribution in [0.15, 0.2) is 57.3 Å². The number of hydrogen-bond acceptors (Lipinski definition) is 10. The highest BCUT2D eigenvalue weighted by Gasteiger charge is 2.57. The van der Waals surface area contributed by atoms with Gasteiger partial charge in [-0.2, -0.15) is 0 Å². The van der Waals surface area contributed by atoms with Crippen LogP contribution in [0, 0.1) is 5.92 Å². The van der Waals surface area contributed by atoms with Gasteiger partial charge in [0.15, 0.2) is 12.4 Å². The average Bonchev–Trinajstić information content (AvgIpc) is 3.09. The van der Waals surface area contributed by atoms with Crippen LogP contribution in [0.3, 0.4) is 0 Å². The SMILES string of the molecule is CC(C)OC(=O)[C@H](C)CP(=O)(OC[C@@]1(N=[N+]=[N-])O[C@@H](n2ccc(=O)[nH]c2=O)[C@H](O)[C@@H]1F)Oc1ccccc1. The number of ether oxygens (including phenoxy) is 2. The van der Waals surface area contributed by atoms with Gasteiger partial charge in [-0.15, -0.1) is 0 Å². The summed E-state index contributed by atoms with van der Waals surface area (Å²) in [5, 5.41) is 13.8. The lowest BCUT2D eigenvalue weighted by molar-refractivity contribution is -0.151. The fourth-order valence-electron chi connectivity index (χ4n) is 3.61. The van der Waals surface area contributed by atoms with E-state index in [0.29, 0.717) is 4.57 Å². The molecule has 6 atom stereocenters. The van der Waals surface area contributed by atoms with Gasteiger partial charge in [0.05, 0.1) is 24.8 Å². The Bertz CT molecular complexity index is 1350. The van der Waals surface area contributed by atoms with Crippen LogP contribution in [0.25, 0.3) is 10.4 Å². The van der Waals surface area contributed by atoms with Gasteiger partial charge in [0, 0.05) is 17.2 Å². The molecule has 16 heteroatoms. The zero-order chi connectivity index (χ0) is 28.1. The summed E-state index contributed by atoms with van der Waals surface area (Å²) in [6.45, 7) is 3.68. The molecule has 0 saturated carbocycles. The summed E-state index contributed by atoms with van der Waals surface area (Å²) < 4.78 is 51.6. The lowest BCUT2D eigenvalue weighted by atomic mass is 10.1. The number of carbonyl (C=O) groups excluding carboxylic acids is 1. The molecular formula is C22H27FN5O9P. The predicted molar refractivity (Wildman–Crippen MR) is 130 cm³/mol. The molecule has 0 spiro atoms.